The molecule has 2 amide bonds. The molecule has 3 aromatic carbocycles. The molecule has 0 spiro atoms. The molecule has 0 aliphatic rings. The van der Waals surface area contributed by atoms with Gasteiger partial charge in [-0.15, -0.1) is 0 Å². The van der Waals surface area contributed by atoms with Gasteiger partial charge in [-0.05, 0) is 74.0 Å². The number of carbonyl (C=O) groups is 2. The van der Waals surface area contributed by atoms with Crippen molar-refractivity contribution in [2.24, 2.45) is 5.41 Å². The Morgan fingerprint density at radius 1 is 1.03 bits per heavy atom. The van der Waals surface area contributed by atoms with Crippen LogP contribution in [0.4, 0.5) is 15.9 Å². The summed E-state index contributed by atoms with van der Waals surface area (Å²) < 4.78 is 13.4. The minimum absolute atomic E-state index is 0.172. The Labute approximate surface area is 224 Å². The standard InChI is InChI=1S/C28H27ClFN5O3/c1-28(2,15-36)27(38)32-14-16-4-11-22(29)21(12-16)26(37)33-19-9-10-20-23(13-19)34-24(35-25(20)31-3)17-5-7-18(30)8-6-17/h4-13,36H,14-15H2,1-3H3,(H,32,38)(H,33,37)(H,31,34,35). The van der Waals surface area contributed by atoms with Gasteiger partial charge in [0.1, 0.15) is 11.6 Å². The summed E-state index contributed by atoms with van der Waals surface area (Å²) in [5, 5.41) is 19.0. The smallest absolute Gasteiger partial charge is 0.257 e. The molecule has 0 fully saturated rings. The molecule has 0 radical (unpaired) electrons. The van der Waals surface area contributed by atoms with Crippen molar-refractivity contribution in [3.8, 4) is 11.4 Å². The lowest BCUT2D eigenvalue weighted by Crippen LogP contribution is -2.38. The van der Waals surface area contributed by atoms with E-state index in [-0.39, 0.29) is 35.5 Å². The first-order valence-electron chi connectivity index (χ1n) is 11.9. The highest BCUT2D eigenvalue weighted by Gasteiger charge is 2.26. The van der Waals surface area contributed by atoms with Crippen LogP contribution in [0.2, 0.25) is 5.02 Å². The number of aromatic nitrogens is 2. The number of nitrogens with zero attached hydrogens (tertiary/aromatic N) is 2. The van der Waals surface area contributed by atoms with E-state index in [0.717, 1.165) is 5.39 Å². The number of fused-ring (bicyclic) bond motifs is 1. The van der Waals surface area contributed by atoms with Gasteiger partial charge >= 0.3 is 0 Å². The third-order valence-corrected chi connectivity index (χ3v) is 6.36. The highest BCUT2D eigenvalue weighted by Crippen LogP contribution is 2.28. The molecule has 0 aliphatic carbocycles. The van der Waals surface area contributed by atoms with Crippen LogP contribution in [0.5, 0.6) is 0 Å². The van der Waals surface area contributed by atoms with Crippen LogP contribution in [0.1, 0.15) is 29.8 Å². The Morgan fingerprint density at radius 2 is 1.76 bits per heavy atom. The fourth-order valence-electron chi connectivity index (χ4n) is 3.67. The van der Waals surface area contributed by atoms with Crippen LogP contribution in [-0.2, 0) is 11.3 Å². The molecule has 0 saturated carbocycles. The number of hydrogen-bond acceptors (Lipinski definition) is 6. The second kappa shape index (κ2) is 11.1. The summed E-state index contributed by atoms with van der Waals surface area (Å²) in [5.41, 5.74) is 1.72. The fourth-order valence-corrected chi connectivity index (χ4v) is 3.88. The molecule has 0 atom stereocenters. The van der Waals surface area contributed by atoms with E-state index in [1.165, 1.54) is 12.1 Å². The first kappa shape index (κ1) is 27.0. The van der Waals surface area contributed by atoms with Gasteiger partial charge in [-0.25, -0.2) is 14.4 Å². The highest BCUT2D eigenvalue weighted by molar-refractivity contribution is 6.34. The Kier molecular flexibility index (Phi) is 7.89. The van der Waals surface area contributed by atoms with Gasteiger partial charge in [0.15, 0.2) is 5.82 Å². The van der Waals surface area contributed by atoms with Gasteiger partial charge < -0.3 is 21.1 Å². The number of hydrogen-bond donors (Lipinski definition) is 4. The van der Waals surface area contributed by atoms with E-state index in [2.05, 4.69) is 25.9 Å². The van der Waals surface area contributed by atoms with E-state index in [9.17, 15) is 19.1 Å². The van der Waals surface area contributed by atoms with Gasteiger partial charge in [-0.3, -0.25) is 9.59 Å². The number of nitrogens with one attached hydrogen (secondary N) is 3. The molecule has 0 unspecified atom stereocenters. The van der Waals surface area contributed by atoms with Gasteiger partial charge in [-0.2, -0.15) is 0 Å². The zero-order valence-electron chi connectivity index (χ0n) is 21.1. The molecule has 196 valence electrons. The predicted octanol–water partition coefficient (Wildman–Crippen LogP) is 5.02. The number of aliphatic hydroxyl groups is 1. The molecule has 38 heavy (non-hydrogen) atoms. The number of halogens is 2. The predicted molar refractivity (Wildman–Crippen MR) is 147 cm³/mol. The van der Waals surface area contributed by atoms with Crippen LogP contribution in [-0.4, -0.2) is 40.5 Å². The highest BCUT2D eigenvalue weighted by atomic mass is 35.5. The number of rotatable bonds is 8. The number of anilines is 2. The van der Waals surface area contributed by atoms with Crippen LogP contribution in [0.3, 0.4) is 0 Å². The van der Waals surface area contributed by atoms with Crippen molar-refractivity contribution < 1.29 is 19.1 Å². The van der Waals surface area contributed by atoms with Gasteiger partial charge in [-0.1, -0.05) is 17.7 Å². The first-order valence-corrected chi connectivity index (χ1v) is 12.2. The van der Waals surface area contributed by atoms with Gasteiger partial charge in [0, 0.05) is 30.2 Å². The molecular weight excluding hydrogens is 509 g/mol. The normalized spacial score (nSPS) is 11.3. The molecular formula is C28H27ClFN5O3. The van der Waals surface area contributed by atoms with Crippen molar-refractivity contribution in [2.75, 3.05) is 24.3 Å². The number of aliphatic hydroxyl groups excluding tert-OH is 1. The minimum atomic E-state index is -0.921. The van der Waals surface area contributed by atoms with Crippen LogP contribution in [0.15, 0.2) is 60.7 Å². The summed E-state index contributed by atoms with van der Waals surface area (Å²) in [6.45, 7) is 3.16. The Balaban J connectivity index is 1.58. The van der Waals surface area contributed by atoms with Crippen molar-refractivity contribution in [3.63, 3.8) is 0 Å². The number of carbonyl (C=O) groups excluding carboxylic acids is 2. The van der Waals surface area contributed by atoms with Crippen molar-refractivity contribution in [1.29, 1.82) is 0 Å². The fraction of sp³-hybridized carbons (Fsp3) is 0.214. The van der Waals surface area contributed by atoms with E-state index < -0.39 is 11.3 Å². The van der Waals surface area contributed by atoms with Crippen molar-refractivity contribution in [3.05, 3.63) is 82.6 Å². The lowest BCUT2D eigenvalue weighted by atomic mass is 9.93. The Hall–Kier alpha value is -4.08. The van der Waals surface area contributed by atoms with E-state index in [1.807, 2.05) is 0 Å². The molecule has 1 heterocycles. The van der Waals surface area contributed by atoms with Crippen LogP contribution in [0, 0.1) is 11.2 Å². The van der Waals surface area contributed by atoms with Gasteiger partial charge in [0.05, 0.1) is 28.1 Å². The largest absolute Gasteiger partial charge is 0.395 e. The summed E-state index contributed by atoms with van der Waals surface area (Å²) in [4.78, 5) is 34.5. The number of benzene rings is 3. The average Bonchev–Trinajstić information content (AvgIpc) is 2.91. The summed E-state index contributed by atoms with van der Waals surface area (Å²) in [6.07, 6.45) is 0. The topological polar surface area (TPSA) is 116 Å². The lowest BCUT2D eigenvalue weighted by molar-refractivity contribution is -0.131. The lowest BCUT2D eigenvalue weighted by Gasteiger charge is -2.20. The molecule has 10 heteroatoms. The van der Waals surface area contributed by atoms with E-state index in [4.69, 9.17) is 11.6 Å². The quantitative estimate of drug-likeness (QED) is 0.252. The molecule has 4 N–H and O–H groups in total. The average molecular weight is 536 g/mol. The van der Waals surface area contributed by atoms with Crippen LogP contribution < -0.4 is 16.0 Å². The van der Waals surface area contributed by atoms with E-state index >= 15 is 0 Å². The van der Waals surface area contributed by atoms with Crippen molar-refractivity contribution in [2.45, 2.75) is 20.4 Å². The molecule has 0 saturated heterocycles. The van der Waals surface area contributed by atoms with Crippen molar-refractivity contribution >= 4 is 45.8 Å². The van der Waals surface area contributed by atoms with Gasteiger partial charge in [0.25, 0.3) is 5.91 Å². The second-order valence-electron chi connectivity index (χ2n) is 9.38. The summed E-state index contributed by atoms with van der Waals surface area (Å²) in [5.74, 6) is -0.0886. The van der Waals surface area contributed by atoms with E-state index in [1.54, 1.807) is 69.4 Å². The zero-order valence-corrected chi connectivity index (χ0v) is 21.9. The molecule has 8 nitrogen and oxygen atoms in total. The second-order valence-corrected chi connectivity index (χ2v) is 9.78. The molecule has 4 aromatic rings. The van der Waals surface area contributed by atoms with Gasteiger partial charge in [0.2, 0.25) is 5.91 Å². The van der Waals surface area contributed by atoms with Crippen LogP contribution >= 0.6 is 11.6 Å². The summed E-state index contributed by atoms with van der Waals surface area (Å²) in [7, 11) is 1.74. The monoisotopic (exact) mass is 535 g/mol. The molecule has 0 aliphatic heterocycles. The molecule has 1 aromatic heterocycles. The maximum Gasteiger partial charge on any atom is 0.257 e. The zero-order chi connectivity index (χ0) is 27.4. The Morgan fingerprint density at radius 3 is 2.45 bits per heavy atom. The maximum absolute atomic E-state index is 13.4. The SMILES string of the molecule is CNc1nc(-c2ccc(F)cc2)nc2cc(NC(=O)c3cc(CNC(=O)C(C)(C)CO)ccc3Cl)ccc12. The first-order chi connectivity index (χ1) is 18.1. The number of amides is 2. The molecule has 4 rings (SSSR count). The third-order valence-electron chi connectivity index (χ3n) is 6.03. The Bertz CT molecular complexity index is 1510. The van der Waals surface area contributed by atoms with E-state index in [0.29, 0.717) is 34.0 Å². The van der Waals surface area contributed by atoms with Crippen molar-refractivity contribution in [1.82, 2.24) is 15.3 Å². The maximum atomic E-state index is 13.4. The summed E-state index contributed by atoms with van der Waals surface area (Å²) in [6, 6.07) is 16.1. The minimum Gasteiger partial charge on any atom is -0.395 e. The summed E-state index contributed by atoms with van der Waals surface area (Å²) >= 11 is 6.31. The van der Waals surface area contributed by atoms with Crippen LogP contribution in [0.25, 0.3) is 22.3 Å². The third kappa shape index (κ3) is 5.90. The molecule has 0 bridgehead atoms.